The summed E-state index contributed by atoms with van der Waals surface area (Å²) in [5.41, 5.74) is 0.198. The number of sulfone groups is 1. The summed E-state index contributed by atoms with van der Waals surface area (Å²) in [6, 6.07) is 10.1. The molecule has 9 heteroatoms. The van der Waals surface area contributed by atoms with Crippen molar-refractivity contribution in [3.8, 4) is 0 Å². The first-order valence-corrected chi connectivity index (χ1v) is 9.54. The molecule has 0 saturated heterocycles. The molecule has 3 rings (SSSR count). The highest BCUT2D eigenvalue weighted by Crippen LogP contribution is 2.24. The molecular weight excluding hydrogens is 377 g/mol. The number of halogens is 1. The largest absolute Gasteiger partial charge is 0.337 e. The number of rotatable bonds is 5. The average molecular weight is 391 g/mol. The summed E-state index contributed by atoms with van der Waals surface area (Å²) < 4.78 is 37.6. The molecule has 0 N–H and O–H groups in total. The van der Waals surface area contributed by atoms with Gasteiger partial charge in [-0.15, -0.1) is 0 Å². The van der Waals surface area contributed by atoms with Crippen LogP contribution in [0.25, 0.3) is 0 Å². The predicted octanol–water partition coefficient (Wildman–Crippen LogP) is 1.99. The number of hydrogen-bond acceptors (Lipinski definition) is 6. The molecule has 0 aliphatic carbocycles. The van der Waals surface area contributed by atoms with Crippen molar-refractivity contribution in [2.24, 2.45) is 5.92 Å². The van der Waals surface area contributed by atoms with Gasteiger partial charge in [0.2, 0.25) is 0 Å². The van der Waals surface area contributed by atoms with E-state index in [1.807, 2.05) is 0 Å². The fourth-order valence-electron chi connectivity index (χ4n) is 2.57. The Kier molecular flexibility index (Phi) is 4.79. The van der Waals surface area contributed by atoms with Gasteiger partial charge in [-0.3, -0.25) is 9.59 Å². The monoisotopic (exact) mass is 391 g/mol. The van der Waals surface area contributed by atoms with Crippen LogP contribution in [0.2, 0.25) is 0 Å². The molecule has 1 atom stereocenters. The van der Waals surface area contributed by atoms with Crippen molar-refractivity contribution in [2.45, 2.75) is 11.8 Å². The molecule has 2 aromatic carbocycles. The molecule has 0 bridgehead atoms. The van der Waals surface area contributed by atoms with Gasteiger partial charge in [0.05, 0.1) is 27.7 Å². The molecule has 2 amide bonds. The first-order chi connectivity index (χ1) is 12.7. The van der Waals surface area contributed by atoms with Gasteiger partial charge < -0.3 is 4.84 Å². The molecule has 1 aliphatic heterocycles. The van der Waals surface area contributed by atoms with Crippen LogP contribution in [0.4, 0.5) is 4.39 Å². The topological polar surface area (TPSA) is 97.8 Å². The van der Waals surface area contributed by atoms with Crippen molar-refractivity contribution in [1.82, 2.24) is 5.06 Å². The van der Waals surface area contributed by atoms with E-state index in [2.05, 4.69) is 0 Å². The van der Waals surface area contributed by atoms with E-state index in [9.17, 15) is 27.2 Å². The zero-order valence-electron chi connectivity index (χ0n) is 14.1. The number of imide groups is 1. The first kappa shape index (κ1) is 18.7. The lowest BCUT2D eigenvalue weighted by atomic mass is 10.1. The van der Waals surface area contributed by atoms with Crippen molar-refractivity contribution in [2.75, 3.05) is 5.75 Å². The van der Waals surface area contributed by atoms with Crippen LogP contribution in [0.3, 0.4) is 0 Å². The molecule has 0 radical (unpaired) electrons. The Labute approximate surface area is 154 Å². The van der Waals surface area contributed by atoms with Gasteiger partial charge in [0.1, 0.15) is 5.82 Å². The van der Waals surface area contributed by atoms with Crippen molar-refractivity contribution >= 4 is 27.6 Å². The summed E-state index contributed by atoms with van der Waals surface area (Å²) in [5.74, 6) is -5.01. The van der Waals surface area contributed by atoms with Gasteiger partial charge in [0.25, 0.3) is 11.8 Å². The van der Waals surface area contributed by atoms with Crippen LogP contribution in [0.5, 0.6) is 0 Å². The Morgan fingerprint density at radius 1 is 1.04 bits per heavy atom. The Bertz CT molecular complexity index is 997. The van der Waals surface area contributed by atoms with Crippen molar-refractivity contribution in [3.63, 3.8) is 0 Å². The summed E-state index contributed by atoms with van der Waals surface area (Å²) in [5, 5.41) is 0.327. The summed E-state index contributed by atoms with van der Waals surface area (Å²) in [4.78, 5) is 41.3. The minimum absolute atomic E-state index is 0.0990. The molecule has 1 unspecified atom stereocenters. The maximum atomic E-state index is 12.9. The van der Waals surface area contributed by atoms with E-state index in [4.69, 9.17) is 4.84 Å². The molecular formula is C18H14FNO6S. The van der Waals surface area contributed by atoms with Crippen LogP contribution in [0.1, 0.15) is 27.6 Å². The number of carbonyl (C=O) groups excluding carboxylic acids is 3. The molecule has 0 spiro atoms. The molecule has 0 saturated carbocycles. The third kappa shape index (κ3) is 3.59. The second-order valence-corrected chi connectivity index (χ2v) is 8.03. The first-order valence-electron chi connectivity index (χ1n) is 7.88. The fraction of sp³-hybridized carbons (Fsp3) is 0.167. The highest BCUT2D eigenvalue weighted by molar-refractivity contribution is 7.91. The second kappa shape index (κ2) is 6.92. The van der Waals surface area contributed by atoms with E-state index in [0.29, 0.717) is 5.06 Å². The van der Waals surface area contributed by atoms with Crippen LogP contribution >= 0.6 is 0 Å². The number of nitrogens with zero attached hydrogens (tertiary/aromatic N) is 1. The van der Waals surface area contributed by atoms with E-state index in [0.717, 1.165) is 24.3 Å². The number of hydrogen-bond donors (Lipinski definition) is 0. The van der Waals surface area contributed by atoms with E-state index >= 15 is 0 Å². The summed E-state index contributed by atoms with van der Waals surface area (Å²) >= 11 is 0. The number of benzene rings is 2. The van der Waals surface area contributed by atoms with Crippen LogP contribution < -0.4 is 0 Å². The maximum absolute atomic E-state index is 12.9. The summed E-state index contributed by atoms with van der Waals surface area (Å²) in [7, 11) is -3.89. The Morgan fingerprint density at radius 2 is 1.56 bits per heavy atom. The molecule has 7 nitrogen and oxygen atoms in total. The van der Waals surface area contributed by atoms with Gasteiger partial charge in [0, 0.05) is 0 Å². The molecule has 2 aromatic rings. The average Bonchev–Trinajstić information content (AvgIpc) is 2.87. The van der Waals surface area contributed by atoms with Gasteiger partial charge in [-0.25, -0.2) is 17.6 Å². The highest BCUT2D eigenvalue weighted by atomic mass is 32.2. The van der Waals surface area contributed by atoms with E-state index in [1.165, 1.54) is 19.1 Å². The van der Waals surface area contributed by atoms with Crippen molar-refractivity contribution in [3.05, 3.63) is 65.5 Å². The molecule has 0 fully saturated rings. The lowest BCUT2D eigenvalue weighted by molar-refractivity contribution is -0.172. The minimum Gasteiger partial charge on any atom is -0.329 e. The minimum atomic E-state index is -3.89. The van der Waals surface area contributed by atoms with Crippen LogP contribution in [-0.4, -0.2) is 37.0 Å². The van der Waals surface area contributed by atoms with Gasteiger partial charge in [-0.05, 0) is 36.4 Å². The van der Waals surface area contributed by atoms with Crippen LogP contribution in [-0.2, 0) is 19.5 Å². The number of amides is 2. The highest BCUT2D eigenvalue weighted by Gasteiger charge is 2.39. The second-order valence-electron chi connectivity index (χ2n) is 6.00. The predicted molar refractivity (Wildman–Crippen MR) is 90.7 cm³/mol. The molecule has 140 valence electrons. The smallest absolute Gasteiger partial charge is 0.329 e. The van der Waals surface area contributed by atoms with E-state index in [-0.39, 0.29) is 16.0 Å². The van der Waals surface area contributed by atoms with Crippen molar-refractivity contribution < 1.29 is 32.0 Å². The summed E-state index contributed by atoms with van der Waals surface area (Å²) in [6.07, 6.45) is 0. The SMILES string of the molecule is CC(CS(=O)(=O)c1ccc(F)cc1)C(=O)ON1C(=O)c2ccccc2C1=O. The normalized spacial score (nSPS) is 14.8. The zero-order chi connectivity index (χ0) is 19.8. The number of hydroxylamine groups is 2. The molecule has 1 heterocycles. The van der Waals surface area contributed by atoms with Gasteiger partial charge in [-0.2, -0.15) is 0 Å². The van der Waals surface area contributed by atoms with Gasteiger partial charge in [-0.1, -0.05) is 24.1 Å². The van der Waals surface area contributed by atoms with E-state index in [1.54, 1.807) is 12.1 Å². The Hall–Kier alpha value is -3.07. The molecule has 1 aliphatic rings. The quantitative estimate of drug-likeness (QED) is 0.571. The number of fused-ring (bicyclic) bond motifs is 1. The Balaban J connectivity index is 1.71. The van der Waals surface area contributed by atoms with Crippen molar-refractivity contribution in [1.29, 1.82) is 0 Å². The third-order valence-corrected chi connectivity index (χ3v) is 5.91. The standard InChI is InChI=1S/C18H14FNO6S/c1-11(10-27(24,25)13-8-6-12(19)7-9-13)18(23)26-20-16(21)14-4-2-3-5-15(14)17(20)22/h2-9,11H,10H2,1H3. The lowest BCUT2D eigenvalue weighted by Crippen LogP contribution is -2.36. The molecule has 0 aromatic heterocycles. The third-order valence-electron chi connectivity index (χ3n) is 3.98. The summed E-state index contributed by atoms with van der Waals surface area (Å²) in [6.45, 7) is 1.29. The fourth-order valence-corrected chi connectivity index (χ4v) is 4.10. The zero-order valence-corrected chi connectivity index (χ0v) is 14.9. The van der Waals surface area contributed by atoms with Gasteiger partial charge in [0.15, 0.2) is 9.84 Å². The number of carbonyl (C=O) groups is 3. The van der Waals surface area contributed by atoms with Crippen LogP contribution in [0.15, 0.2) is 53.4 Å². The Morgan fingerprint density at radius 3 is 2.07 bits per heavy atom. The maximum Gasteiger partial charge on any atom is 0.337 e. The van der Waals surface area contributed by atoms with Crippen LogP contribution in [0, 0.1) is 11.7 Å². The van der Waals surface area contributed by atoms with Gasteiger partial charge >= 0.3 is 5.97 Å². The lowest BCUT2D eigenvalue weighted by Gasteiger charge is -2.16. The molecule has 27 heavy (non-hydrogen) atoms. The van der Waals surface area contributed by atoms with E-state index < -0.39 is 45.1 Å².